The van der Waals surface area contributed by atoms with E-state index in [0.29, 0.717) is 33.6 Å². The molecule has 0 radical (unpaired) electrons. The Morgan fingerprint density at radius 2 is 1.24 bits per heavy atom. The number of carbonyl (C=O) groups excluding carboxylic acids is 2. The molecule has 2 aromatic heterocycles. The zero-order valence-corrected chi connectivity index (χ0v) is 15.4. The molecule has 0 atom stereocenters. The summed E-state index contributed by atoms with van der Waals surface area (Å²) in [6.07, 6.45) is -1.23. The normalized spacial score (nSPS) is 10.7. The summed E-state index contributed by atoms with van der Waals surface area (Å²) in [6, 6.07) is 10.5. The molecular formula is C18H16N6O5. The molecule has 4 aromatic rings. The van der Waals surface area contributed by atoms with Crippen LogP contribution >= 0.6 is 0 Å². The monoisotopic (exact) mass is 396 g/mol. The molecule has 2 amide bonds. The molecule has 11 heteroatoms. The fraction of sp³-hybridized carbons (Fsp3) is 0.111. The van der Waals surface area contributed by atoms with Crippen LogP contribution in [-0.4, -0.2) is 46.3 Å². The zero-order valence-electron chi connectivity index (χ0n) is 15.4. The summed E-state index contributed by atoms with van der Waals surface area (Å²) in [5.74, 6) is 1.68. The Morgan fingerprint density at radius 1 is 0.793 bits per heavy atom. The zero-order chi connectivity index (χ0) is 20.4. The highest BCUT2D eigenvalue weighted by Crippen LogP contribution is 2.28. The second-order valence-electron chi connectivity index (χ2n) is 5.86. The number of carbonyl (C=O) groups is 2. The number of aromatic nitrogens is 4. The van der Waals surface area contributed by atoms with Gasteiger partial charge in [0, 0.05) is 12.1 Å². The fourth-order valence-electron chi connectivity index (χ4n) is 2.65. The maximum atomic E-state index is 11.3. The minimum atomic E-state index is -0.616. The molecule has 0 aliphatic rings. The molecule has 4 N–H and O–H groups in total. The number of rotatable bonds is 4. The molecule has 4 rings (SSSR count). The molecule has 29 heavy (non-hydrogen) atoms. The van der Waals surface area contributed by atoms with Gasteiger partial charge >= 0.3 is 12.2 Å². The number of nitrogens with zero attached hydrogens (tertiary/aromatic N) is 2. The van der Waals surface area contributed by atoms with Crippen LogP contribution in [0.2, 0.25) is 0 Å². The van der Waals surface area contributed by atoms with Gasteiger partial charge in [-0.2, -0.15) is 0 Å². The van der Waals surface area contributed by atoms with Crippen LogP contribution in [0.3, 0.4) is 0 Å². The molecule has 0 spiro atoms. The average molecular weight is 396 g/mol. The van der Waals surface area contributed by atoms with E-state index in [1.807, 2.05) is 0 Å². The van der Waals surface area contributed by atoms with Crippen LogP contribution in [0, 0.1) is 0 Å². The summed E-state index contributed by atoms with van der Waals surface area (Å²) >= 11 is 0. The molecule has 11 nitrogen and oxygen atoms in total. The van der Waals surface area contributed by atoms with E-state index in [0.717, 1.165) is 0 Å². The van der Waals surface area contributed by atoms with E-state index in [9.17, 15) is 9.59 Å². The third-order valence-electron chi connectivity index (χ3n) is 3.95. The van der Waals surface area contributed by atoms with Crippen molar-refractivity contribution < 1.29 is 23.8 Å². The number of aromatic amines is 2. The molecular weight excluding hydrogens is 380 g/mol. The van der Waals surface area contributed by atoms with Crippen molar-refractivity contribution in [2.45, 2.75) is 0 Å². The van der Waals surface area contributed by atoms with Crippen molar-refractivity contribution in [1.82, 2.24) is 19.9 Å². The van der Waals surface area contributed by atoms with E-state index in [-0.39, 0.29) is 11.9 Å². The van der Waals surface area contributed by atoms with Crippen molar-refractivity contribution in [3.63, 3.8) is 0 Å². The molecule has 0 saturated carbocycles. The third kappa shape index (κ3) is 3.88. The van der Waals surface area contributed by atoms with Crippen molar-refractivity contribution in [2.75, 3.05) is 24.9 Å². The molecule has 0 bridgehead atoms. The standard InChI is InChI=1S/C18H16N6O5/c1-27-17(25)23-15-19-11-5-3-9(7-13(11)21-15)29-10-4-6-12-14(8-10)22-16(20-12)24-18(26)28-2/h3-8H,1-2H3,(H2,19,21,23,25)(H2,20,22,24,26). The Bertz CT molecular complexity index is 1120. The first-order valence-electron chi connectivity index (χ1n) is 8.41. The van der Waals surface area contributed by atoms with Gasteiger partial charge in [0.15, 0.2) is 0 Å². The largest absolute Gasteiger partial charge is 0.457 e. The number of amides is 2. The van der Waals surface area contributed by atoms with E-state index >= 15 is 0 Å². The first-order valence-corrected chi connectivity index (χ1v) is 8.41. The van der Waals surface area contributed by atoms with Gasteiger partial charge < -0.3 is 24.2 Å². The molecule has 2 heterocycles. The fourth-order valence-corrected chi connectivity index (χ4v) is 2.65. The quantitative estimate of drug-likeness (QED) is 0.413. The second-order valence-corrected chi connectivity index (χ2v) is 5.86. The molecule has 0 saturated heterocycles. The number of methoxy groups -OCH3 is 2. The Labute approximate surface area is 163 Å². The lowest BCUT2D eigenvalue weighted by Gasteiger charge is -2.05. The van der Waals surface area contributed by atoms with Crippen LogP contribution in [0.15, 0.2) is 36.4 Å². The van der Waals surface area contributed by atoms with E-state index in [4.69, 9.17) is 4.74 Å². The van der Waals surface area contributed by atoms with Crippen molar-refractivity contribution in [2.24, 2.45) is 0 Å². The van der Waals surface area contributed by atoms with Crippen LogP contribution < -0.4 is 15.4 Å². The van der Waals surface area contributed by atoms with Crippen LogP contribution in [0.1, 0.15) is 0 Å². The van der Waals surface area contributed by atoms with Crippen molar-refractivity contribution in [3.8, 4) is 11.5 Å². The van der Waals surface area contributed by atoms with Crippen molar-refractivity contribution >= 4 is 46.1 Å². The van der Waals surface area contributed by atoms with Gasteiger partial charge in [0.25, 0.3) is 0 Å². The number of imidazole rings is 2. The minimum Gasteiger partial charge on any atom is -0.457 e. The predicted octanol–water partition coefficient (Wildman–Crippen LogP) is 3.59. The van der Waals surface area contributed by atoms with Gasteiger partial charge in [-0.1, -0.05) is 0 Å². The minimum absolute atomic E-state index is 0.272. The lowest BCUT2D eigenvalue weighted by atomic mass is 10.3. The van der Waals surface area contributed by atoms with Gasteiger partial charge in [0.1, 0.15) is 11.5 Å². The van der Waals surface area contributed by atoms with Gasteiger partial charge in [0.2, 0.25) is 11.9 Å². The lowest BCUT2D eigenvalue weighted by molar-refractivity contribution is 0.186. The van der Waals surface area contributed by atoms with Crippen LogP contribution in [0.4, 0.5) is 21.5 Å². The predicted molar refractivity (Wildman–Crippen MR) is 104 cm³/mol. The van der Waals surface area contributed by atoms with E-state index in [2.05, 4.69) is 40.0 Å². The highest BCUT2D eigenvalue weighted by Gasteiger charge is 2.10. The van der Waals surface area contributed by atoms with E-state index in [1.54, 1.807) is 36.4 Å². The Hall–Kier alpha value is -4.28. The molecule has 148 valence electrons. The van der Waals surface area contributed by atoms with Gasteiger partial charge in [-0.25, -0.2) is 19.6 Å². The van der Waals surface area contributed by atoms with Crippen LogP contribution in [0.25, 0.3) is 22.1 Å². The maximum absolute atomic E-state index is 11.3. The third-order valence-corrected chi connectivity index (χ3v) is 3.95. The number of fused-ring (bicyclic) bond motifs is 2. The SMILES string of the molecule is COC(=O)Nc1nc2ccc(Oc3ccc4nc(NC(=O)OC)[nH]c4c3)cc2[nH]1. The summed E-state index contributed by atoms with van der Waals surface area (Å²) in [5, 5.41) is 4.94. The van der Waals surface area contributed by atoms with Crippen molar-refractivity contribution in [3.05, 3.63) is 36.4 Å². The van der Waals surface area contributed by atoms with Gasteiger partial charge in [-0.3, -0.25) is 10.6 Å². The highest BCUT2D eigenvalue weighted by molar-refractivity contribution is 5.87. The second kappa shape index (κ2) is 7.38. The summed E-state index contributed by atoms with van der Waals surface area (Å²) in [4.78, 5) is 37.0. The van der Waals surface area contributed by atoms with Gasteiger partial charge in [-0.05, 0) is 24.3 Å². The number of ether oxygens (including phenoxy) is 3. The number of hydrogen-bond acceptors (Lipinski definition) is 7. The molecule has 2 aromatic carbocycles. The topological polar surface area (TPSA) is 143 Å². The number of nitrogens with one attached hydrogen (secondary N) is 4. The molecule has 0 aliphatic heterocycles. The van der Waals surface area contributed by atoms with Crippen LogP contribution in [0.5, 0.6) is 11.5 Å². The van der Waals surface area contributed by atoms with E-state index < -0.39 is 12.2 Å². The maximum Gasteiger partial charge on any atom is 0.413 e. The Balaban J connectivity index is 1.54. The summed E-state index contributed by atoms with van der Waals surface area (Å²) in [6.45, 7) is 0. The lowest BCUT2D eigenvalue weighted by Crippen LogP contribution is -2.11. The van der Waals surface area contributed by atoms with E-state index in [1.165, 1.54) is 14.2 Å². The summed E-state index contributed by atoms with van der Waals surface area (Å²) in [7, 11) is 2.55. The molecule has 0 aliphatic carbocycles. The first kappa shape index (κ1) is 18.1. The molecule has 0 unspecified atom stereocenters. The van der Waals surface area contributed by atoms with Gasteiger partial charge in [-0.15, -0.1) is 0 Å². The van der Waals surface area contributed by atoms with Gasteiger partial charge in [0.05, 0.1) is 36.3 Å². The number of anilines is 2. The highest BCUT2D eigenvalue weighted by atomic mass is 16.5. The Kier molecular flexibility index (Phi) is 4.61. The van der Waals surface area contributed by atoms with Crippen molar-refractivity contribution in [1.29, 1.82) is 0 Å². The Morgan fingerprint density at radius 3 is 1.66 bits per heavy atom. The first-order chi connectivity index (χ1) is 14.0. The van der Waals surface area contributed by atoms with Crippen LogP contribution in [-0.2, 0) is 9.47 Å². The summed E-state index contributed by atoms with van der Waals surface area (Å²) in [5.41, 5.74) is 2.68. The number of H-pyrrole nitrogens is 2. The number of hydrogen-bond donors (Lipinski definition) is 4. The smallest absolute Gasteiger partial charge is 0.413 e. The molecule has 0 fully saturated rings. The summed E-state index contributed by atoms with van der Waals surface area (Å²) < 4.78 is 15.0. The average Bonchev–Trinajstić information content (AvgIpc) is 3.29. The number of benzene rings is 2.